The third-order valence-electron chi connectivity index (χ3n) is 2.88. The van der Waals surface area contributed by atoms with Crippen molar-refractivity contribution in [2.45, 2.75) is 13.3 Å². The summed E-state index contributed by atoms with van der Waals surface area (Å²) in [4.78, 5) is 10.8. The van der Waals surface area contributed by atoms with Crippen LogP contribution in [0.4, 0.5) is 11.4 Å². The Kier molecular flexibility index (Phi) is 4.13. The molecular weight excluding hydrogens is 240 g/mol. The summed E-state index contributed by atoms with van der Waals surface area (Å²) in [5.74, 6) is 0. The molecule has 4 heteroatoms. The average molecular weight is 256 g/mol. The lowest BCUT2D eigenvalue weighted by Crippen LogP contribution is -2.04. The summed E-state index contributed by atoms with van der Waals surface area (Å²) < 4.78 is 0. The smallest absolute Gasteiger partial charge is 0.292 e. The summed E-state index contributed by atoms with van der Waals surface area (Å²) >= 11 is 0. The van der Waals surface area contributed by atoms with Crippen LogP contribution in [0.2, 0.25) is 0 Å². The summed E-state index contributed by atoms with van der Waals surface area (Å²) in [6.45, 7) is 2.74. The van der Waals surface area contributed by atoms with E-state index < -0.39 is 0 Å². The molecule has 0 atom stereocenters. The Morgan fingerprint density at radius 1 is 1.11 bits per heavy atom. The number of para-hydroxylation sites is 1. The molecule has 0 aliphatic rings. The molecule has 0 aromatic heterocycles. The Labute approximate surface area is 112 Å². The first kappa shape index (κ1) is 13.1. The molecule has 2 aromatic carbocycles. The van der Waals surface area contributed by atoms with Crippen molar-refractivity contribution in [3.05, 3.63) is 58.6 Å². The summed E-state index contributed by atoms with van der Waals surface area (Å²) in [5, 5.41) is 14.3. The number of nitro groups is 1. The van der Waals surface area contributed by atoms with Gasteiger partial charge in [-0.15, -0.1) is 0 Å². The van der Waals surface area contributed by atoms with Gasteiger partial charge in [0.1, 0.15) is 5.69 Å². The second-order valence-electron chi connectivity index (χ2n) is 4.25. The minimum Gasteiger partial charge on any atom is -0.379 e. The molecule has 0 amide bonds. The van der Waals surface area contributed by atoms with E-state index in [0.717, 1.165) is 17.5 Å². The number of nitrogens with one attached hydrogen (secondary N) is 1. The van der Waals surface area contributed by atoms with E-state index in [1.165, 1.54) is 6.07 Å². The topological polar surface area (TPSA) is 55.2 Å². The minimum absolute atomic E-state index is 0.120. The van der Waals surface area contributed by atoms with E-state index in [-0.39, 0.29) is 10.6 Å². The molecule has 0 fully saturated rings. The maximum atomic E-state index is 11.1. The van der Waals surface area contributed by atoms with Crippen molar-refractivity contribution < 1.29 is 4.92 Å². The van der Waals surface area contributed by atoms with Crippen molar-refractivity contribution >= 4 is 11.4 Å². The van der Waals surface area contributed by atoms with Crippen LogP contribution in [0.1, 0.15) is 13.3 Å². The van der Waals surface area contributed by atoms with Gasteiger partial charge in [-0.2, -0.15) is 0 Å². The van der Waals surface area contributed by atoms with Gasteiger partial charge in [-0.05, 0) is 12.0 Å². The molecule has 0 spiro atoms. The molecule has 4 nitrogen and oxygen atoms in total. The van der Waals surface area contributed by atoms with Gasteiger partial charge in [-0.25, -0.2) is 0 Å². The molecule has 0 heterocycles. The van der Waals surface area contributed by atoms with Crippen LogP contribution in [0.25, 0.3) is 11.1 Å². The fourth-order valence-corrected chi connectivity index (χ4v) is 1.99. The fourth-order valence-electron chi connectivity index (χ4n) is 1.99. The predicted molar refractivity (Wildman–Crippen MR) is 77.3 cm³/mol. The number of rotatable bonds is 5. The normalized spacial score (nSPS) is 10.2. The summed E-state index contributed by atoms with van der Waals surface area (Å²) in [6, 6.07) is 14.9. The van der Waals surface area contributed by atoms with Crippen molar-refractivity contribution in [2.75, 3.05) is 11.9 Å². The largest absolute Gasteiger partial charge is 0.379 e. The number of hydrogen-bond acceptors (Lipinski definition) is 3. The van der Waals surface area contributed by atoms with Gasteiger partial charge in [0, 0.05) is 18.2 Å². The zero-order valence-corrected chi connectivity index (χ0v) is 10.8. The van der Waals surface area contributed by atoms with E-state index in [9.17, 15) is 10.1 Å². The van der Waals surface area contributed by atoms with Crippen LogP contribution >= 0.6 is 0 Å². The van der Waals surface area contributed by atoms with Gasteiger partial charge in [-0.3, -0.25) is 10.1 Å². The van der Waals surface area contributed by atoms with E-state index >= 15 is 0 Å². The summed E-state index contributed by atoms with van der Waals surface area (Å²) in [6.07, 6.45) is 0.917. The second kappa shape index (κ2) is 6.00. The lowest BCUT2D eigenvalue weighted by molar-refractivity contribution is -0.383. The van der Waals surface area contributed by atoms with Crippen LogP contribution < -0.4 is 5.32 Å². The van der Waals surface area contributed by atoms with E-state index in [1.807, 2.05) is 43.3 Å². The van der Waals surface area contributed by atoms with Crippen molar-refractivity contribution in [3.8, 4) is 11.1 Å². The van der Waals surface area contributed by atoms with Gasteiger partial charge in [0.2, 0.25) is 0 Å². The molecule has 0 aliphatic carbocycles. The van der Waals surface area contributed by atoms with E-state index in [1.54, 1.807) is 6.07 Å². The second-order valence-corrected chi connectivity index (χ2v) is 4.25. The zero-order chi connectivity index (χ0) is 13.7. The first-order chi connectivity index (χ1) is 9.24. The summed E-state index contributed by atoms with van der Waals surface area (Å²) in [7, 11) is 0. The fraction of sp³-hybridized carbons (Fsp3) is 0.200. The van der Waals surface area contributed by atoms with Crippen molar-refractivity contribution in [3.63, 3.8) is 0 Å². The third kappa shape index (κ3) is 2.91. The van der Waals surface area contributed by atoms with Gasteiger partial charge >= 0.3 is 0 Å². The number of anilines is 1. The van der Waals surface area contributed by atoms with E-state index in [2.05, 4.69) is 5.32 Å². The van der Waals surface area contributed by atoms with Crippen molar-refractivity contribution in [2.24, 2.45) is 0 Å². The Bertz CT molecular complexity index is 568. The average Bonchev–Trinajstić information content (AvgIpc) is 2.45. The molecule has 0 saturated carbocycles. The number of hydrogen-bond donors (Lipinski definition) is 1. The number of nitro benzene ring substituents is 1. The molecular formula is C15H16N2O2. The van der Waals surface area contributed by atoms with E-state index in [4.69, 9.17) is 0 Å². The van der Waals surface area contributed by atoms with Crippen LogP contribution in [-0.4, -0.2) is 11.5 Å². The Morgan fingerprint density at radius 3 is 2.47 bits per heavy atom. The van der Waals surface area contributed by atoms with Gasteiger partial charge in [0.25, 0.3) is 5.69 Å². The lowest BCUT2D eigenvalue weighted by atomic mass is 10.0. The lowest BCUT2D eigenvalue weighted by Gasteiger charge is -2.12. The monoisotopic (exact) mass is 256 g/mol. The highest BCUT2D eigenvalue weighted by molar-refractivity contribution is 5.84. The molecule has 0 bridgehead atoms. The molecule has 0 unspecified atom stereocenters. The van der Waals surface area contributed by atoms with Crippen LogP contribution in [0.15, 0.2) is 48.5 Å². The Hall–Kier alpha value is -2.36. The number of nitrogens with zero attached hydrogens (tertiary/aromatic N) is 1. The number of benzene rings is 2. The maximum absolute atomic E-state index is 11.1. The van der Waals surface area contributed by atoms with Crippen molar-refractivity contribution in [1.29, 1.82) is 0 Å². The SMILES string of the molecule is CCCNc1c(-c2ccccc2)cccc1[N+](=O)[O-]. The van der Waals surface area contributed by atoms with Gasteiger partial charge in [0.05, 0.1) is 4.92 Å². The predicted octanol–water partition coefficient (Wildman–Crippen LogP) is 4.08. The highest BCUT2D eigenvalue weighted by Gasteiger charge is 2.17. The highest BCUT2D eigenvalue weighted by Crippen LogP contribution is 2.35. The van der Waals surface area contributed by atoms with E-state index in [0.29, 0.717) is 12.2 Å². The zero-order valence-electron chi connectivity index (χ0n) is 10.8. The molecule has 1 N–H and O–H groups in total. The van der Waals surface area contributed by atoms with Gasteiger partial charge in [-0.1, -0.05) is 49.4 Å². The molecule has 0 aliphatic heterocycles. The van der Waals surface area contributed by atoms with Crippen LogP contribution in [0, 0.1) is 10.1 Å². The molecule has 98 valence electrons. The third-order valence-corrected chi connectivity index (χ3v) is 2.88. The highest BCUT2D eigenvalue weighted by atomic mass is 16.6. The first-order valence-electron chi connectivity index (χ1n) is 6.30. The van der Waals surface area contributed by atoms with Crippen LogP contribution in [0.3, 0.4) is 0 Å². The van der Waals surface area contributed by atoms with Crippen LogP contribution in [0.5, 0.6) is 0 Å². The Balaban J connectivity index is 2.53. The molecule has 0 radical (unpaired) electrons. The summed E-state index contributed by atoms with van der Waals surface area (Å²) in [5.41, 5.74) is 2.56. The van der Waals surface area contributed by atoms with Gasteiger partial charge < -0.3 is 5.32 Å². The molecule has 19 heavy (non-hydrogen) atoms. The van der Waals surface area contributed by atoms with Gasteiger partial charge in [0.15, 0.2) is 0 Å². The molecule has 2 rings (SSSR count). The quantitative estimate of drug-likeness (QED) is 0.647. The molecule has 2 aromatic rings. The van der Waals surface area contributed by atoms with Crippen molar-refractivity contribution in [1.82, 2.24) is 0 Å². The first-order valence-corrected chi connectivity index (χ1v) is 6.30. The Morgan fingerprint density at radius 2 is 1.84 bits per heavy atom. The maximum Gasteiger partial charge on any atom is 0.292 e. The standard InChI is InChI=1S/C15H16N2O2/c1-2-11-16-15-13(12-7-4-3-5-8-12)9-6-10-14(15)17(18)19/h3-10,16H,2,11H2,1H3. The van der Waals surface area contributed by atoms with Crippen LogP contribution in [-0.2, 0) is 0 Å². The molecule has 0 saturated heterocycles. The minimum atomic E-state index is -0.343.